The van der Waals surface area contributed by atoms with Gasteiger partial charge in [-0.1, -0.05) is 12.2 Å². The predicted octanol–water partition coefficient (Wildman–Crippen LogP) is 0.757. The van der Waals surface area contributed by atoms with Crippen molar-refractivity contribution in [3.05, 3.63) is 23.9 Å². The SMILES string of the molecule is NC(=O)N1C(=O)CC2CC=CC=C21. The third-order valence-electron chi connectivity index (χ3n) is 2.39. The first kappa shape index (κ1) is 8.04. The Morgan fingerprint density at radius 1 is 1.62 bits per heavy atom. The highest BCUT2D eigenvalue weighted by molar-refractivity contribution is 5.98. The van der Waals surface area contributed by atoms with E-state index < -0.39 is 6.03 Å². The highest BCUT2D eigenvalue weighted by Gasteiger charge is 2.37. The molecule has 1 saturated heterocycles. The van der Waals surface area contributed by atoms with Crippen molar-refractivity contribution in [2.24, 2.45) is 11.7 Å². The molecular formula is C9H10N2O2. The Hall–Kier alpha value is -1.58. The Kier molecular flexibility index (Phi) is 1.69. The number of carbonyl (C=O) groups excluding carboxylic acids is 2. The molecule has 4 heteroatoms. The zero-order valence-electron chi connectivity index (χ0n) is 7.06. The van der Waals surface area contributed by atoms with E-state index >= 15 is 0 Å². The molecule has 0 saturated carbocycles. The molecule has 1 unspecified atom stereocenters. The molecule has 2 rings (SSSR count). The summed E-state index contributed by atoms with van der Waals surface area (Å²) in [7, 11) is 0. The van der Waals surface area contributed by atoms with Crippen LogP contribution in [0, 0.1) is 5.92 Å². The first-order valence-corrected chi connectivity index (χ1v) is 4.19. The van der Waals surface area contributed by atoms with Gasteiger partial charge >= 0.3 is 6.03 Å². The van der Waals surface area contributed by atoms with Gasteiger partial charge in [-0.3, -0.25) is 4.79 Å². The van der Waals surface area contributed by atoms with Crippen LogP contribution < -0.4 is 5.73 Å². The van der Waals surface area contributed by atoms with Crippen LogP contribution in [0.3, 0.4) is 0 Å². The first-order chi connectivity index (χ1) is 6.20. The van der Waals surface area contributed by atoms with E-state index in [1.54, 1.807) is 6.08 Å². The van der Waals surface area contributed by atoms with Gasteiger partial charge in [-0.2, -0.15) is 0 Å². The van der Waals surface area contributed by atoms with E-state index in [1.165, 1.54) is 0 Å². The third-order valence-corrected chi connectivity index (χ3v) is 2.39. The monoisotopic (exact) mass is 178 g/mol. The number of hydrogen-bond donors (Lipinski definition) is 1. The zero-order chi connectivity index (χ0) is 9.42. The molecule has 68 valence electrons. The van der Waals surface area contributed by atoms with Crippen molar-refractivity contribution < 1.29 is 9.59 Å². The van der Waals surface area contributed by atoms with Crippen LogP contribution in [0.25, 0.3) is 0 Å². The van der Waals surface area contributed by atoms with Gasteiger partial charge in [-0.25, -0.2) is 9.69 Å². The van der Waals surface area contributed by atoms with E-state index in [-0.39, 0.29) is 11.8 Å². The maximum Gasteiger partial charge on any atom is 0.325 e. The molecule has 1 atom stereocenters. The molecule has 1 aliphatic heterocycles. The summed E-state index contributed by atoms with van der Waals surface area (Å²) in [6.45, 7) is 0. The van der Waals surface area contributed by atoms with E-state index in [2.05, 4.69) is 0 Å². The maximum absolute atomic E-state index is 11.3. The smallest absolute Gasteiger partial charge is 0.325 e. The van der Waals surface area contributed by atoms with Crippen LogP contribution in [-0.4, -0.2) is 16.8 Å². The average Bonchev–Trinajstić information content (AvgIpc) is 2.39. The van der Waals surface area contributed by atoms with Crippen LogP contribution in [0.4, 0.5) is 4.79 Å². The molecule has 2 N–H and O–H groups in total. The number of amides is 3. The van der Waals surface area contributed by atoms with Crippen LogP contribution in [0.5, 0.6) is 0 Å². The third kappa shape index (κ3) is 1.14. The van der Waals surface area contributed by atoms with Crippen molar-refractivity contribution in [2.45, 2.75) is 12.8 Å². The summed E-state index contributed by atoms with van der Waals surface area (Å²) >= 11 is 0. The van der Waals surface area contributed by atoms with Crippen LogP contribution in [0.2, 0.25) is 0 Å². The van der Waals surface area contributed by atoms with Crippen LogP contribution >= 0.6 is 0 Å². The summed E-state index contributed by atoms with van der Waals surface area (Å²) in [6.07, 6.45) is 6.84. The fourth-order valence-corrected chi connectivity index (χ4v) is 1.81. The zero-order valence-corrected chi connectivity index (χ0v) is 7.06. The lowest BCUT2D eigenvalue weighted by molar-refractivity contribution is -0.124. The van der Waals surface area contributed by atoms with Gasteiger partial charge in [0.05, 0.1) is 0 Å². The molecule has 4 nitrogen and oxygen atoms in total. The number of nitrogens with two attached hydrogens (primary N) is 1. The molecule has 1 fully saturated rings. The van der Waals surface area contributed by atoms with Crippen molar-refractivity contribution in [1.29, 1.82) is 0 Å². The molecule has 2 aliphatic rings. The summed E-state index contributed by atoms with van der Waals surface area (Å²) in [6, 6.07) is -0.672. The van der Waals surface area contributed by atoms with Gasteiger partial charge in [0.1, 0.15) is 0 Å². The van der Waals surface area contributed by atoms with E-state index in [0.717, 1.165) is 17.0 Å². The van der Waals surface area contributed by atoms with E-state index in [1.807, 2.05) is 12.2 Å². The predicted molar refractivity (Wildman–Crippen MR) is 46.4 cm³/mol. The van der Waals surface area contributed by atoms with Gasteiger partial charge in [0.2, 0.25) is 5.91 Å². The summed E-state index contributed by atoms with van der Waals surface area (Å²) < 4.78 is 0. The van der Waals surface area contributed by atoms with Crippen LogP contribution in [0.1, 0.15) is 12.8 Å². The number of urea groups is 1. The molecule has 0 radical (unpaired) electrons. The Balaban J connectivity index is 2.36. The Bertz CT molecular complexity index is 331. The summed E-state index contributed by atoms with van der Waals surface area (Å²) in [5, 5.41) is 0. The van der Waals surface area contributed by atoms with Crippen molar-refractivity contribution in [3.8, 4) is 0 Å². The molecule has 0 aromatic carbocycles. The van der Waals surface area contributed by atoms with Crippen LogP contribution in [-0.2, 0) is 4.79 Å². The van der Waals surface area contributed by atoms with Gasteiger partial charge in [-0.15, -0.1) is 0 Å². The number of allylic oxidation sites excluding steroid dienone is 4. The number of carbonyl (C=O) groups is 2. The minimum absolute atomic E-state index is 0.157. The Morgan fingerprint density at radius 3 is 3.08 bits per heavy atom. The number of primary amides is 1. The Labute approximate surface area is 75.7 Å². The van der Waals surface area contributed by atoms with Gasteiger partial charge in [0, 0.05) is 18.0 Å². The van der Waals surface area contributed by atoms with Crippen molar-refractivity contribution in [3.63, 3.8) is 0 Å². The van der Waals surface area contributed by atoms with E-state index in [9.17, 15) is 9.59 Å². The molecule has 0 bridgehead atoms. The second-order valence-electron chi connectivity index (χ2n) is 3.22. The quantitative estimate of drug-likeness (QED) is 0.595. The number of hydrogen-bond acceptors (Lipinski definition) is 2. The molecule has 0 aromatic heterocycles. The van der Waals surface area contributed by atoms with Crippen molar-refractivity contribution >= 4 is 11.9 Å². The topological polar surface area (TPSA) is 63.4 Å². The van der Waals surface area contributed by atoms with E-state index in [4.69, 9.17) is 5.73 Å². The molecule has 3 amide bonds. The van der Waals surface area contributed by atoms with Gasteiger partial charge < -0.3 is 5.73 Å². The first-order valence-electron chi connectivity index (χ1n) is 4.19. The number of likely N-dealkylation sites (tertiary alicyclic amines) is 1. The standard InChI is InChI=1S/C9H10N2O2/c10-9(13)11-7-4-2-1-3-6(7)5-8(11)12/h1-2,4,6H,3,5H2,(H2,10,13). The number of imide groups is 1. The largest absolute Gasteiger partial charge is 0.351 e. The highest BCUT2D eigenvalue weighted by Crippen LogP contribution is 2.33. The van der Waals surface area contributed by atoms with Gasteiger partial charge in [0.25, 0.3) is 0 Å². The lowest BCUT2D eigenvalue weighted by Gasteiger charge is -2.17. The number of nitrogens with zero attached hydrogens (tertiary/aromatic N) is 1. The van der Waals surface area contributed by atoms with Crippen molar-refractivity contribution in [2.75, 3.05) is 0 Å². The molecule has 0 aromatic rings. The second kappa shape index (κ2) is 2.73. The highest BCUT2D eigenvalue weighted by atomic mass is 16.2. The lowest BCUT2D eigenvalue weighted by Crippen LogP contribution is -2.35. The van der Waals surface area contributed by atoms with Crippen LogP contribution in [0.15, 0.2) is 23.9 Å². The summed E-state index contributed by atoms with van der Waals surface area (Å²) in [4.78, 5) is 23.3. The summed E-state index contributed by atoms with van der Waals surface area (Å²) in [5.74, 6) is -0.0301. The molecule has 1 heterocycles. The maximum atomic E-state index is 11.3. The minimum atomic E-state index is -0.672. The number of rotatable bonds is 0. The van der Waals surface area contributed by atoms with Crippen molar-refractivity contribution in [1.82, 2.24) is 4.90 Å². The van der Waals surface area contributed by atoms with Gasteiger partial charge in [-0.05, 0) is 12.5 Å². The fraction of sp³-hybridized carbons (Fsp3) is 0.333. The molecular weight excluding hydrogens is 168 g/mol. The molecule has 0 spiro atoms. The van der Waals surface area contributed by atoms with E-state index in [0.29, 0.717) is 6.42 Å². The molecule has 1 aliphatic carbocycles. The lowest BCUT2D eigenvalue weighted by atomic mass is 9.97. The minimum Gasteiger partial charge on any atom is -0.351 e. The normalized spacial score (nSPS) is 25.8. The fourth-order valence-electron chi connectivity index (χ4n) is 1.81. The number of fused-ring (bicyclic) bond motifs is 1. The second-order valence-corrected chi connectivity index (χ2v) is 3.22. The van der Waals surface area contributed by atoms with Gasteiger partial charge in [0.15, 0.2) is 0 Å². The average molecular weight is 178 g/mol. The summed E-state index contributed by atoms with van der Waals surface area (Å²) in [5.41, 5.74) is 5.85. The molecule has 13 heavy (non-hydrogen) atoms. The Morgan fingerprint density at radius 2 is 2.38 bits per heavy atom.